The van der Waals surface area contributed by atoms with E-state index in [0.29, 0.717) is 18.8 Å². The Kier molecular flexibility index (Phi) is 5.97. The summed E-state index contributed by atoms with van der Waals surface area (Å²) in [6.45, 7) is 2.61. The molecule has 0 saturated carbocycles. The molecular weight excluding hydrogens is 336 g/mol. The lowest BCUT2D eigenvalue weighted by Crippen LogP contribution is -2.28. The molecule has 138 valence electrons. The van der Waals surface area contributed by atoms with Gasteiger partial charge in [0.2, 0.25) is 12.2 Å². The molecule has 13 nitrogen and oxygen atoms in total. The first-order valence-corrected chi connectivity index (χ1v) is 7.42. The molecule has 2 rings (SSSR count). The Morgan fingerprint density at radius 3 is 2.84 bits per heavy atom. The molecule has 0 radical (unpaired) electrons. The van der Waals surface area contributed by atoms with E-state index in [0.717, 1.165) is 0 Å². The third-order valence-electron chi connectivity index (χ3n) is 3.43. The van der Waals surface area contributed by atoms with Gasteiger partial charge >= 0.3 is 5.62 Å². The lowest BCUT2D eigenvalue weighted by Gasteiger charge is -2.23. The minimum atomic E-state index is -0.634. The van der Waals surface area contributed by atoms with E-state index in [1.807, 2.05) is 0 Å². The summed E-state index contributed by atoms with van der Waals surface area (Å²) in [5.74, 6) is 0.331. The van der Waals surface area contributed by atoms with Crippen molar-refractivity contribution < 1.29 is 10.0 Å². The number of H-pyrrole nitrogens is 1. The first-order chi connectivity index (χ1) is 11.9. The second-order valence-corrected chi connectivity index (χ2v) is 5.17. The summed E-state index contributed by atoms with van der Waals surface area (Å²) in [6, 6.07) is 0. The van der Waals surface area contributed by atoms with Crippen molar-refractivity contribution in [2.24, 2.45) is 0 Å². The topological polar surface area (TPSA) is 176 Å². The zero-order valence-electron chi connectivity index (χ0n) is 13.5. The van der Waals surface area contributed by atoms with Crippen molar-refractivity contribution in [3.8, 4) is 0 Å². The van der Waals surface area contributed by atoms with Crippen LogP contribution in [-0.4, -0.2) is 42.0 Å². The Bertz CT molecular complexity index is 773. The van der Waals surface area contributed by atoms with Crippen LogP contribution in [0.2, 0.25) is 0 Å². The normalized spacial score (nSPS) is 10.7. The SMILES string of the molecule is Cc1ncc(N([O-])O)n1CCNC(=O)CCCn1cnc(=[N+]([O-])[O-])[nH]1. The quantitative estimate of drug-likeness (QED) is 0.494. The highest BCUT2D eigenvalue weighted by atomic mass is 16.8. The third-order valence-corrected chi connectivity index (χ3v) is 3.43. The molecule has 1 amide bonds. The molecule has 2 aromatic rings. The van der Waals surface area contributed by atoms with Gasteiger partial charge in [0, 0.05) is 19.5 Å². The van der Waals surface area contributed by atoms with Gasteiger partial charge in [-0.25, -0.2) is 9.67 Å². The van der Waals surface area contributed by atoms with Gasteiger partial charge in [-0.05, 0) is 13.3 Å². The molecule has 0 saturated heterocycles. The number of aromatic nitrogens is 5. The predicted molar refractivity (Wildman–Crippen MR) is 85.4 cm³/mol. The first-order valence-electron chi connectivity index (χ1n) is 7.42. The molecule has 0 aromatic carbocycles. The Morgan fingerprint density at radius 2 is 2.20 bits per heavy atom. The number of carbonyl (C=O) groups excluding carboxylic acids is 1. The zero-order valence-corrected chi connectivity index (χ0v) is 13.5. The highest BCUT2D eigenvalue weighted by molar-refractivity contribution is 5.75. The second-order valence-electron chi connectivity index (χ2n) is 5.17. The number of hydrogen-bond acceptors (Lipinski definition) is 8. The molecule has 2 aromatic heterocycles. The van der Waals surface area contributed by atoms with E-state index in [1.54, 1.807) is 6.92 Å². The Hall–Kier alpha value is -3.06. The fraction of sp³-hybridized carbons (Fsp3) is 0.500. The highest BCUT2D eigenvalue weighted by Crippen LogP contribution is 2.13. The van der Waals surface area contributed by atoms with Crippen molar-refractivity contribution in [3.05, 3.63) is 39.6 Å². The molecule has 0 atom stereocenters. The van der Waals surface area contributed by atoms with E-state index in [1.165, 1.54) is 21.8 Å². The van der Waals surface area contributed by atoms with Crippen molar-refractivity contribution in [1.82, 2.24) is 34.5 Å². The van der Waals surface area contributed by atoms with Crippen LogP contribution in [-0.2, 0) is 17.9 Å². The molecule has 0 unspecified atom stereocenters. The first kappa shape index (κ1) is 18.3. The number of anilines is 1. The van der Waals surface area contributed by atoms with Gasteiger partial charge in [0.15, 0.2) is 0 Å². The van der Waals surface area contributed by atoms with Gasteiger partial charge in [-0.3, -0.25) is 14.9 Å². The van der Waals surface area contributed by atoms with Gasteiger partial charge < -0.3 is 30.7 Å². The van der Waals surface area contributed by atoms with Crippen molar-refractivity contribution in [3.63, 3.8) is 0 Å². The summed E-state index contributed by atoms with van der Waals surface area (Å²) in [6.07, 6.45) is 3.23. The molecule has 0 spiro atoms. The van der Waals surface area contributed by atoms with E-state index in [2.05, 4.69) is 20.4 Å². The number of nitrogens with one attached hydrogen (secondary N) is 2. The molecule has 0 aliphatic carbocycles. The van der Waals surface area contributed by atoms with Gasteiger partial charge in [0.05, 0.1) is 12.7 Å². The van der Waals surface area contributed by atoms with E-state index in [9.17, 15) is 20.4 Å². The number of nitrogens with zero attached hydrogens (tertiary/aromatic N) is 6. The van der Waals surface area contributed by atoms with E-state index in [-0.39, 0.29) is 42.1 Å². The fourth-order valence-corrected chi connectivity index (χ4v) is 2.20. The van der Waals surface area contributed by atoms with Crippen LogP contribution in [0, 0.1) is 22.5 Å². The minimum absolute atomic E-state index is 0.0102. The number of amides is 1. The van der Waals surface area contributed by atoms with Crippen LogP contribution in [0.15, 0.2) is 12.5 Å². The third kappa shape index (κ3) is 4.95. The summed E-state index contributed by atoms with van der Waals surface area (Å²) in [4.78, 5) is 18.6. The standard InChI is InChI=1S/C12H18N8O5/c1-9-14-7-11(19(22)23)18(9)6-4-13-10(21)3-2-5-17-8-15-12(16-17)20(24)25/h7-8,16,22H,2-6H2,1H3,(H-,13,21,24,25)/q-2. The van der Waals surface area contributed by atoms with Gasteiger partial charge in [-0.15, -0.1) is 0 Å². The van der Waals surface area contributed by atoms with Crippen LogP contribution in [0.25, 0.3) is 0 Å². The monoisotopic (exact) mass is 354 g/mol. The molecule has 0 fully saturated rings. The van der Waals surface area contributed by atoms with Gasteiger partial charge in [-0.2, -0.15) is 5.10 Å². The highest BCUT2D eigenvalue weighted by Gasteiger charge is 2.08. The molecule has 0 aliphatic rings. The van der Waals surface area contributed by atoms with Crippen LogP contribution in [0.1, 0.15) is 18.7 Å². The average Bonchev–Trinajstić information content (AvgIpc) is 3.15. The molecule has 2 heterocycles. The second kappa shape index (κ2) is 8.16. The molecule has 0 aliphatic heterocycles. The zero-order chi connectivity index (χ0) is 18.4. The number of aromatic amines is 1. The molecule has 0 bridgehead atoms. The van der Waals surface area contributed by atoms with Crippen LogP contribution < -0.4 is 21.1 Å². The van der Waals surface area contributed by atoms with Gasteiger partial charge in [-0.1, -0.05) is 4.98 Å². The van der Waals surface area contributed by atoms with Crippen molar-refractivity contribution in [2.45, 2.75) is 32.9 Å². The lowest BCUT2D eigenvalue weighted by molar-refractivity contribution is -0.121. The van der Waals surface area contributed by atoms with Crippen LogP contribution in [0.4, 0.5) is 5.82 Å². The van der Waals surface area contributed by atoms with Crippen LogP contribution >= 0.6 is 0 Å². The lowest BCUT2D eigenvalue weighted by atomic mass is 10.3. The summed E-state index contributed by atoms with van der Waals surface area (Å²) in [5.41, 5.74) is -0.354. The summed E-state index contributed by atoms with van der Waals surface area (Å²) >= 11 is 0. The fourth-order valence-electron chi connectivity index (χ4n) is 2.20. The molecule has 13 heteroatoms. The predicted octanol–water partition coefficient (Wildman–Crippen LogP) is -1.23. The largest absolute Gasteiger partial charge is 0.744 e. The van der Waals surface area contributed by atoms with Crippen molar-refractivity contribution in [2.75, 3.05) is 11.8 Å². The number of hydrogen-bond donors (Lipinski definition) is 3. The average molecular weight is 354 g/mol. The summed E-state index contributed by atoms with van der Waals surface area (Å²) in [7, 11) is 0. The number of imidazole rings is 1. The summed E-state index contributed by atoms with van der Waals surface area (Å²) < 4.78 is 2.91. The minimum Gasteiger partial charge on any atom is -0.744 e. The number of carbonyl (C=O) groups is 1. The van der Waals surface area contributed by atoms with E-state index >= 15 is 0 Å². The maximum absolute atomic E-state index is 11.8. The van der Waals surface area contributed by atoms with Crippen LogP contribution in [0.5, 0.6) is 0 Å². The van der Waals surface area contributed by atoms with Crippen LogP contribution in [0.3, 0.4) is 0 Å². The van der Waals surface area contributed by atoms with Crippen molar-refractivity contribution in [1.29, 1.82) is 0 Å². The van der Waals surface area contributed by atoms with E-state index in [4.69, 9.17) is 5.21 Å². The Balaban J connectivity index is 1.72. The molecular formula is C12H18N8O5-2. The smallest absolute Gasteiger partial charge is 0.411 e. The van der Waals surface area contributed by atoms with Gasteiger partial charge in [0.25, 0.3) is 0 Å². The maximum Gasteiger partial charge on any atom is 0.411 e. The summed E-state index contributed by atoms with van der Waals surface area (Å²) in [5, 5.41) is 45.8. The Morgan fingerprint density at radius 1 is 1.44 bits per heavy atom. The van der Waals surface area contributed by atoms with E-state index < -0.39 is 4.90 Å². The van der Waals surface area contributed by atoms with Crippen molar-refractivity contribution >= 4 is 11.7 Å². The number of aryl methyl sites for hydroxylation is 2. The number of rotatable bonds is 8. The maximum atomic E-state index is 11.8. The Labute approximate surface area is 141 Å². The molecule has 25 heavy (non-hydrogen) atoms. The molecule has 3 N–H and O–H groups in total. The van der Waals surface area contributed by atoms with Gasteiger partial charge in [0.1, 0.15) is 11.6 Å².